The average Bonchev–Trinajstić information content (AvgIpc) is 3.42. The van der Waals surface area contributed by atoms with Crippen molar-refractivity contribution in [3.8, 4) is 11.4 Å². The number of aromatic nitrogens is 2. The van der Waals surface area contributed by atoms with Gasteiger partial charge in [0.15, 0.2) is 0 Å². The molecule has 367 valence electrons. The van der Waals surface area contributed by atoms with E-state index in [-0.39, 0.29) is 15.8 Å². The monoisotopic (exact) mass is 1140 g/mol. The van der Waals surface area contributed by atoms with Gasteiger partial charge in [-0.25, -0.2) is 0 Å². The van der Waals surface area contributed by atoms with Crippen LogP contribution < -0.4 is 16.3 Å². The van der Waals surface area contributed by atoms with E-state index in [1.807, 2.05) is 0 Å². The number of hydrogen-bond donors (Lipinski definition) is 3. The molecule has 4 fully saturated rings. The maximum atomic E-state index is 7.17. The van der Waals surface area contributed by atoms with Gasteiger partial charge >= 0.3 is 160 Å². The van der Waals surface area contributed by atoms with Crippen molar-refractivity contribution in [3.63, 3.8) is 0 Å². The molecule has 9 heteroatoms. The van der Waals surface area contributed by atoms with Crippen molar-refractivity contribution in [1.29, 1.82) is 0 Å². The van der Waals surface area contributed by atoms with E-state index in [4.69, 9.17) is 25.0 Å². The summed E-state index contributed by atoms with van der Waals surface area (Å²) in [7, 11) is -2.00. The van der Waals surface area contributed by atoms with Crippen LogP contribution in [0.5, 0.6) is 0 Å². The second-order valence-electron chi connectivity index (χ2n) is 19.5. The van der Waals surface area contributed by atoms with Crippen molar-refractivity contribution in [2.75, 3.05) is 0 Å². The molecule has 0 radical (unpaired) electrons. The first-order valence-electron chi connectivity index (χ1n) is 26.3. The standard InChI is InChI=1S/C36H54N2P2.4C6H5.BH3O3.Ir/c1-5-13-31(14-6-1)39(32-15-7-2-8-16-32)27-29-21-23-35(37-25-29)36-24-22-30(26-38-36)28-40(33-17-9-3-10-18-33)34-19-11-4-12-20-34;4*1-2-4-6-5-3-1;2-1(3)4;/h21-26,31-34H,1-20,27-28H2;4*1-5H;2-4H;. The molecule has 3 N–H and O–H groups in total. The van der Waals surface area contributed by atoms with Gasteiger partial charge < -0.3 is 15.1 Å². The molecule has 4 saturated carbocycles. The molecule has 5 nitrogen and oxygen atoms in total. The van der Waals surface area contributed by atoms with Crippen LogP contribution in [0.15, 0.2) is 158 Å². The van der Waals surface area contributed by atoms with Crippen LogP contribution in [0, 0.1) is 0 Å². The van der Waals surface area contributed by atoms with Gasteiger partial charge in [-0.15, -0.1) is 0 Å². The molecule has 0 spiro atoms. The van der Waals surface area contributed by atoms with Crippen LogP contribution in [0.4, 0.5) is 0 Å². The molecular formula is C60H77BIrN2O3P2. The van der Waals surface area contributed by atoms with Crippen molar-refractivity contribution < 1.29 is 30.4 Å². The van der Waals surface area contributed by atoms with Gasteiger partial charge in [0.25, 0.3) is 0 Å². The summed E-state index contributed by atoms with van der Waals surface area (Å²) in [5.41, 5.74) is 9.10. The molecule has 10 rings (SSSR count). The average molecular weight is 1140 g/mol. The van der Waals surface area contributed by atoms with Crippen molar-refractivity contribution >= 4 is 39.5 Å². The van der Waals surface area contributed by atoms with Gasteiger partial charge in [-0.05, 0) is 110 Å². The van der Waals surface area contributed by atoms with E-state index < -0.39 is 22.6 Å². The fourth-order valence-electron chi connectivity index (χ4n) is 11.5. The second-order valence-corrected chi connectivity index (χ2v) is 34.3. The Labute approximate surface area is 421 Å². The summed E-state index contributed by atoms with van der Waals surface area (Å²) in [5.74, 6) is 0. The van der Waals surface area contributed by atoms with Gasteiger partial charge in [0.2, 0.25) is 0 Å². The Morgan fingerprint density at radius 2 is 0.609 bits per heavy atom. The van der Waals surface area contributed by atoms with Crippen LogP contribution in [0.1, 0.15) is 140 Å². The first-order valence-corrected chi connectivity index (χ1v) is 34.5. The number of rotatable bonds is 13. The zero-order chi connectivity index (χ0) is 47.5. The summed E-state index contributed by atoms with van der Waals surface area (Å²) < 4.78 is 5.86. The number of pyridine rings is 2. The Morgan fingerprint density at radius 1 is 0.362 bits per heavy atom. The topological polar surface area (TPSA) is 86.5 Å². The third-order valence-corrected chi connectivity index (χ3v) is 33.6. The van der Waals surface area contributed by atoms with Crippen LogP contribution in [-0.2, 0) is 27.6 Å². The van der Waals surface area contributed by atoms with E-state index in [1.165, 1.54) is 168 Å². The van der Waals surface area contributed by atoms with Crippen LogP contribution in [0.3, 0.4) is 0 Å². The molecule has 0 atom stereocenters. The molecule has 0 saturated heterocycles. The minimum atomic E-state index is -2.99. The number of benzene rings is 4. The molecular weight excluding hydrogens is 1060 g/mol. The Hall–Kier alpha value is -3.37. The van der Waals surface area contributed by atoms with Crippen LogP contribution in [-0.4, -0.2) is 55.0 Å². The van der Waals surface area contributed by atoms with Crippen molar-refractivity contribution in [1.82, 2.24) is 9.97 Å². The SMILES string of the molecule is OB(O)O.c1cc(-c2ccc(CP(C3CCCCC3)C3CCCCC3)cn2)ncc1CP(C1CCCCC1)C1CCCCC1.c1cc[c]([Ir]([c]2ccccc2)([c]2ccccc2)[c]2ccccc2)cc1. The molecule has 4 aromatic carbocycles. The fourth-order valence-corrected chi connectivity index (χ4v) is 30.5. The Balaban J connectivity index is 0.000000189. The normalized spacial score (nSPS) is 17.9. The summed E-state index contributed by atoms with van der Waals surface area (Å²) in [6, 6.07) is 53.6. The molecule has 4 aliphatic rings. The third-order valence-electron chi connectivity index (χ3n) is 14.8. The molecule has 0 bridgehead atoms. The van der Waals surface area contributed by atoms with Crippen molar-refractivity contribution in [2.24, 2.45) is 0 Å². The van der Waals surface area contributed by atoms with Gasteiger partial charge in [0.05, 0.1) is 11.4 Å². The van der Waals surface area contributed by atoms with Crippen molar-refractivity contribution in [3.05, 3.63) is 169 Å². The quantitative estimate of drug-likeness (QED) is 0.0792. The molecule has 0 amide bonds. The summed E-state index contributed by atoms with van der Waals surface area (Å²) >= 11 is -2.99. The van der Waals surface area contributed by atoms with Gasteiger partial charge in [-0.3, -0.25) is 9.97 Å². The minimum absolute atomic E-state index is 0.0844. The molecule has 6 aromatic rings. The summed E-state index contributed by atoms with van der Waals surface area (Å²) in [6.45, 7) is 0. The van der Waals surface area contributed by atoms with Gasteiger partial charge in [0, 0.05) is 12.4 Å². The van der Waals surface area contributed by atoms with E-state index in [0.29, 0.717) is 0 Å². The van der Waals surface area contributed by atoms with Crippen molar-refractivity contribution in [2.45, 2.75) is 163 Å². The van der Waals surface area contributed by atoms with E-state index in [9.17, 15) is 0 Å². The predicted octanol–water partition coefficient (Wildman–Crippen LogP) is 12.8. The first-order chi connectivity index (χ1) is 34.0. The van der Waals surface area contributed by atoms with E-state index in [0.717, 1.165) is 34.0 Å². The summed E-state index contributed by atoms with van der Waals surface area (Å²) in [4.78, 5) is 9.96. The van der Waals surface area contributed by atoms with E-state index >= 15 is 0 Å². The van der Waals surface area contributed by atoms with E-state index in [1.54, 1.807) is 0 Å². The van der Waals surface area contributed by atoms with Gasteiger partial charge in [0.1, 0.15) is 0 Å². The molecule has 2 aromatic heterocycles. The van der Waals surface area contributed by atoms with Crippen LogP contribution >= 0.6 is 15.8 Å². The predicted molar refractivity (Wildman–Crippen MR) is 293 cm³/mol. The zero-order valence-corrected chi connectivity index (χ0v) is 45.1. The van der Waals surface area contributed by atoms with Crippen LogP contribution in [0.25, 0.3) is 11.4 Å². The Kier molecular flexibility index (Phi) is 20.7. The maximum absolute atomic E-state index is 7.17. The fraction of sp³-hybridized carbons (Fsp3) is 0.433. The Morgan fingerprint density at radius 3 is 0.826 bits per heavy atom. The van der Waals surface area contributed by atoms with E-state index in [2.05, 4.69) is 158 Å². The number of nitrogens with zero attached hydrogens (tertiary/aromatic N) is 2. The number of hydrogen-bond acceptors (Lipinski definition) is 5. The molecule has 4 aliphatic carbocycles. The first kappa shape index (κ1) is 52.0. The van der Waals surface area contributed by atoms with Crippen LogP contribution in [0.2, 0.25) is 0 Å². The molecule has 2 heterocycles. The van der Waals surface area contributed by atoms with Gasteiger partial charge in [-0.1, -0.05) is 105 Å². The summed E-state index contributed by atoms with van der Waals surface area (Å²) in [6.07, 6.45) is 36.6. The third kappa shape index (κ3) is 14.4. The molecule has 0 aliphatic heterocycles. The van der Waals surface area contributed by atoms with Gasteiger partial charge in [-0.2, -0.15) is 0 Å². The Bertz CT molecular complexity index is 2040. The molecule has 69 heavy (non-hydrogen) atoms. The summed E-state index contributed by atoms with van der Waals surface area (Å²) in [5, 5.41) is 21.5. The zero-order valence-electron chi connectivity index (χ0n) is 40.9. The molecule has 0 unspecified atom stereocenters. The second kappa shape index (κ2) is 27.5.